The molecule has 0 aliphatic carbocycles. The molecule has 0 bridgehead atoms. The molecule has 0 aromatic heterocycles. The molecule has 0 aliphatic heterocycles. The molecule has 0 aromatic carbocycles. The van der Waals surface area contributed by atoms with Crippen LogP contribution in [0.1, 0.15) is 0 Å². The summed E-state index contributed by atoms with van der Waals surface area (Å²) in [5.41, 5.74) is 4.64. The van der Waals surface area contributed by atoms with E-state index in [0.717, 1.165) is 0 Å². The highest BCUT2D eigenvalue weighted by molar-refractivity contribution is 6.43. The average molecular weight is 163 g/mol. The third kappa shape index (κ3) is 1910. The fraction of sp³-hybridized carbons (Fsp3) is 1.00. The largest absolute Gasteiger partial charge is 0.328 e. The molecule has 0 saturated carbocycles. The summed E-state index contributed by atoms with van der Waals surface area (Å²) in [5.74, 6) is 0. The van der Waals surface area contributed by atoms with Crippen molar-refractivity contribution in [3.05, 3.63) is 10.1 Å². The van der Waals surface area contributed by atoms with E-state index >= 15 is 0 Å². The third-order valence-corrected chi connectivity index (χ3v) is 0. The summed E-state index contributed by atoms with van der Waals surface area (Å²) in [5, 5.41) is 13.6. The summed E-state index contributed by atoms with van der Waals surface area (Å²) in [6.07, 6.45) is 0. The summed E-state index contributed by atoms with van der Waals surface area (Å²) < 4.78 is 0. The Morgan fingerprint density at radius 2 is 1.75 bits per heavy atom. The number of nitrogens with zero attached hydrogens (tertiary/aromatic N) is 1. The number of hydrogen-bond donors (Lipinski definition) is 2. The molecule has 0 unspecified atom stereocenters. The molecule has 3 N–H and O–H groups in total. The molecular weight excluding hydrogens is 159 g/mol. The molecule has 0 rings (SSSR count). The van der Waals surface area contributed by atoms with Crippen LogP contribution in [0.3, 0.4) is 0 Å². The molecule has 0 fully saturated rings. The molecule has 0 spiro atoms. The highest BCUT2D eigenvalue weighted by Crippen LogP contribution is 1.86. The van der Waals surface area contributed by atoms with Gasteiger partial charge < -0.3 is 10.9 Å². The quantitative estimate of drug-likeness (QED) is 0.233. The smallest absolute Gasteiger partial charge is 0.291 e. The SMILES string of the molecule is NC(Cl)Cl.O=[N+]([O-])O. The summed E-state index contributed by atoms with van der Waals surface area (Å²) >= 11 is 9.64. The third-order valence-electron chi connectivity index (χ3n) is 0. The second-order valence-corrected chi connectivity index (χ2v) is 1.74. The van der Waals surface area contributed by atoms with Crippen LogP contribution < -0.4 is 5.73 Å². The molecule has 8 heavy (non-hydrogen) atoms. The van der Waals surface area contributed by atoms with Gasteiger partial charge in [-0.25, -0.2) is 0 Å². The van der Waals surface area contributed by atoms with E-state index in [1.807, 2.05) is 0 Å². The fourth-order valence-corrected chi connectivity index (χ4v) is 0. The Labute approximate surface area is 55.1 Å². The Morgan fingerprint density at radius 3 is 1.75 bits per heavy atom. The van der Waals surface area contributed by atoms with Crippen LogP contribution in [-0.4, -0.2) is 15.3 Å². The lowest BCUT2D eigenvalue weighted by Crippen LogP contribution is -1.99. The van der Waals surface area contributed by atoms with Crippen molar-refractivity contribution in [2.24, 2.45) is 5.73 Å². The standard InChI is InChI=1S/CH3Cl2N.HNO3/c2*2-1(3)4/h1H,4H2;(H,2,3,4). The molecule has 0 saturated heterocycles. The van der Waals surface area contributed by atoms with E-state index in [-0.39, 0.29) is 0 Å². The Balaban J connectivity index is 0. The van der Waals surface area contributed by atoms with Gasteiger partial charge in [0.1, 0.15) is 0 Å². The zero-order valence-electron chi connectivity index (χ0n) is 3.62. The molecule has 0 aliphatic rings. The van der Waals surface area contributed by atoms with E-state index in [0.29, 0.717) is 0 Å². The van der Waals surface area contributed by atoms with Gasteiger partial charge in [0, 0.05) is 0 Å². The highest BCUT2D eigenvalue weighted by Gasteiger charge is 1.74. The van der Waals surface area contributed by atoms with Crippen LogP contribution in [0.2, 0.25) is 0 Å². The van der Waals surface area contributed by atoms with E-state index in [9.17, 15) is 0 Å². The maximum absolute atomic E-state index is 8.36. The van der Waals surface area contributed by atoms with Crippen molar-refractivity contribution in [2.45, 2.75) is 4.96 Å². The molecule has 0 aromatic rings. The predicted octanol–water partition coefficient (Wildman–Crippen LogP) is 0.359. The number of halogens is 2. The van der Waals surface area contributed by atoms with Crippen molar-refractivity contribution >= 4 is 23.2 Å². The number of alkyl halides is 2. The summed E-state index contributed by atoms with van der Waals surface area (Å²) in [4.78, 5) is 7.64. The average Bonchev–Trinajstić information content (AvgIpc) is 1.25. The lowest BCUT2D eigenvalue weighted by Gasteiger charge is -1.74. The van der Waals surface area contributed by atoms with E-state index < -0.39 is 10.0 Å². The fourth-order valence-electron chi connectivity index (χ4n) is 0. The van der Waals surface area contributed by atoms with Gasteiger partial charge in [0.25, 0.3) is 5.09 Å². The zero-order valence-corrected chi connectivity index (χ0v) is 5.13. The van der Waals surface area contributed by atoms with Crippen molar-refractivity contribution in [3.8, 4) is 0 Å². The van der Waals surface area contributed by atoms with Gasteiger partial charge in [0.2, 0.25) is 0 Å². The first-order chi connectivity index (χ1) is 3.46. The molecular formula is CH4Cl2N2O3. The van der Waals surface area contributed by atoms with E-state index in [2.05, 4.69) is 5.73 Å². The number of rotatable bonds is 0. The monoisotopic (exact) mass is 162 g/mol. The first-order valence-corrected chi connectivity index (χ1v) is 2.21. The van der Waals surface area contributed by atoms with Crippen LogP contribution in [0.4, 0.5) is 0 Å². The minimum absolute atomic E-state index is 0.722. The predicted molar refractivity (Wildman–Crippen MR) is 28.5 cm³/mol. The van der Waals surface area contributed by atoms with Crippen LogP contribution in [0, 0.1) is 10.1 Å². The van der Waals surface area contributed by atoms with Crippen molar-refractivity contribution in [1.29, 1.82) is 0 Å². The second kappa shape index (κ2) is 6.74. The van der Waals surface area contributed by atoms with Gasteiger partial charge in [-0.15, -0.1) is 10.1 Å². The van der Waals surface area contributed by atoms with Crippen molar-refractivity contribution in [3.63, 3.8) is 0 Å². The van der Waals surface area contributed by atoms with E-state index in [4.69, 9.17) is 38.5 Å². The van der Waals surface area contributed by atoms with Gasteiger partial charge in [-0.3, -0.25) is 0 Å². The Morgan fingerprint density at radius 1 is 1.75 bits per heavy atom. The molecule has 7 heteroatoms. The number of nitrogens with two attached hydrogens (primary N) is 1. The van der Waals surface area contributed by atoms with Gasteiger partial charge in [-0.2, -0.15) is 0 Å². The van der Waals surface area contributed by atoms with Crippen LogP contribution in [-0.2, 0) is 0 Å². The second-order valence-electron chi connectivity index (χ2n) is 0.572. The minimum Gasteiger partial charge on any atom is -0.328 e. The van der Waals surface area contributed by atoms with Crippen molar-refractivity contribution < 1.29 is 10.3 Å². The van der Waals surface area contributed by atoms with Gasteiger partial charge in [0.15, 0.2) is 4.96 Å². The summed E-state index contributed by atoms with van der Waals surface area (Å²) in [7, 11) is 0. The van der Waals surface area contributed by atoms with E-state index in [1.165, 1.54) is 0 Å². The molecule has 0 radical (unpaired) electrons. The van der Waals surface area contributed by atoms with Crippen LogP contribution >= 0.6 is 23.2 Å². The Kier molecular flexibility index (Phi) is 8.99. The molecule has 0 amide bonds. The first-order valence-electron chi connectivity index (χ1n) is 1.33. The normalized spacial score (nSPS) is 7.50. The molecule has 50 valence electrons. The molecule has 5 nitrogen and oxygen atoms in total. The van der Waals surface area contributed by atoms with E-state index in [1.54, 1.807) is 0 Å². The van der Waals surface area contributed by atoms with Crippen molar-refractivity contribution in [2.75, 3.05) is 0 Å². The van der Waals surface area contributed by atoms with Gasteiger partial charge in [-0.1, -0.05) is 23.2 Å². The molecule has 0 heterocycles. The van der Waals surface area contributed by atoms with Crippen LogP contribution in [0.15, 0.2) is 0 Å². The van der Waals surface area contributed by atoms with Gasteiger partial charge >= 0.3 is 0 Å². The lowest BCUT2D eigenvalue weighted by molar-refractivity contribution is -0.742. The maximum atomic E-state index is 8.36. The number of hydrogen-bond acceptors (Lipinski definition) is 3. The summed E-state index contributed by atoms with van der Waals surface area (Å²) in [6, 6.07) is 0. The first kappa shape index (κ1) is 10.7. The Hall–Kier alpha value is -0.260. The minimum atomic E-state index is -1.50. The maximum Gasteiger partial charge on any atom is 0.291 e. The topological polar surface area (TPSA) is 89.4 Å². The van der Waals surface area contributed by atoms with Crippen LogP contribution in [0.5, 0.6) is 0 Å². The van der Waals surface area contributed by atoms with Gasteiger partial charge in [0.05, 0.1) is 0 Å². The van der Waals surface area contributed by atoms with Gasteiger partial charge in [-0.05, 0) is 0 Å². The highest BCUT2D eigenvalue weighted by atomic mass is 35.5. The Bertz CT molecular complexity index is 59.5. The zero-order chi connectivity index (χ0) is 7.15. The summed E-state index contributed by atoms with van der Waals surface area (Å²) in [6.45, 7) is 0. The van der Waals surface area contributed by atoms with Crippen LogP contribution in [0.25, 0.3) is 0 Å². The lowest BCUT2D eigenvalue weighted by atomic mass is 11.5. The van der Waals surface area contributed by atoms with Crippen molar-refractivity contribution in [1.82, 2.24) is 0 Å². The molecule has 0 atom stereocenters.